The Morgan fingerprint density at radius 1 is 1.31 bits per heavy atom. The van der Waals surface area contributed by atoms with Crippen molar-refractivity contribution in [1.82, 2.24) is 9.55 Å². The summed E-state index contributed by atoms with van der Waals surface area (Å²) in [6, 6.07) is 5.46. The number of nitrogens with one attached hydrogen (secondary N) is 1. The van der Waals surface area contributed by atoms with Gasteiger partial charge in [0.25, 0.3) is 5.56 Å². The maximum atomic E-state index is 12.1. The van der Waals surface area contributed by atoms with Gasteiger partial charge in [-0.2, -0.15) is 0 Å². The molecule has 0 fully saturated rings. The third kappa shape index (κ3) is 1.56. The molecule has 0 atom stereocenters. The summed E-state index contributed by atoms with van der Waals surface area (Å²) in [6.45, 7) is 4.27. The minimum absolute atomic E-state index is 0.196. The van der Waals surface area contributed by atoms with E-state index < -0.39 is 0 Å². The summed E-state index contributed by atoms with van der Waals surface area (Å²) in [7, 11) is 0. The highest BCUT2D eigenvalue weighted by Gasteiger charge is 2.08. The number of aryl methyl sites for hydroxylation is 1. The molecule has 2 rings (SSSR count). The maximum absolute atomic E-state index is 12.1. The van der Waals surface area contributed by atoms with Crippen LogP contribution in [-0.4, -0.2) is 9.55 Å². The van der Waals surface area contributed by atoms with Crippen molar-refractivity contribution in [2.75, 3.05) is 0 Å². The molecule has 0 aliphatic heterocycles. The molecule has 1 aromatic carbocycles. The minimum atomic E-state index is -0.329. The molecule has 0 aliphatic carbocycles. The lowest BCUT2D eigenvalue weighted by molar-refractivity contribution is 0.623. The van der Waals surface area contributed by atoms with Gasteiger partial charge in [0.15, 0.2) is 0 Å². The number of rotatable bonds is 2. The van der Waals surface area contributed by atoms with Crippen molar-refractivity contribution >= 4 is 10.9 Å². The number of hydrogen-bond acceptors (Lipinski definition) is 2. The van der Waals surface area contributed by atoms with Gasteiger partial charge in [-0.25, -0.2) is 4.79 Å². The maximum Gasteiger partial charge on any atom is 0.328 e. The molecule has 0 saturated heterocycles. The van der Waals surface area contributed by atoms with Gasteiger partial charge in [-0.1, -0.05) is 19.1 Å². The summed E-state index contributed by atoms with van der Waals surface area (Å²) >= 11 is 0. The third-order valence-corrected chi connectivity index (χ3v) is 2.67. The lowest BCUT2D eigenvalue weighted by atomic mass is 10.1. The standard InChI is InChI=1S/C12H14N2O2/c1-3-7-14-11(15)10-8(2)5-4-6-9(10)13-12(14)16/h4-6H,3,7H2,1-2H3,(H,13,16). The highest BCUT2D eigenvalue weighted by molar-refractivity contribution is 5.80. The average Bonchev–Trinajstić information content (AvgIpc) is 2.24. The van der Waals surface area contributed by atoms with Gasteiger partial charge in [0, 0.05) is 6.54 Å². The molecule has 0 bridgehead atoms. The Morgan fingerprint density at radius 2 is 2.06 bits per heavy atom. The molecule has 0 spiro atoms. The van der Waals surface area contributed by atoms with E-state index in [0.29, 0.717) is 17.4 Å². The van der Waals surface area contributed by atoms with E-state index in [1.165, 1.54) is 4.57 Å². The van der Waals surface area contributed by atoms with E-state index in [0.717, 1.165) is 12.0 Å². The van der Waals surface area contributed by atoms with E-state index in [1.54, 1.807) is 6.07 Å². The number of benzene rings is 1. The molecular formula is C12H14N2O2. The van der Waals surface area contributed by atoms with E-state index in [-0.39, 0.29) is 11.2 Å². The van der Waals surface area contributed by atoms with E-state index in [2.05, 4.69) is 4.98 Å². The molecule has 0 saturated carbocycles. The number of hydrogen-bond donors (Lipinski definition) is 1. The third-order valence-electron chi connectivity index (χ3n) is 2.67. The summed E-state index contributed by atoms with van der Waals surface area (Å²) < 4.78 is 1.26. The molecule has 84 valence electrons. The van der Waals surface area contributed by atoms with Crippen molar-refractivity contribution in [3.8, 4) is 0 Å². The molecule has 1 aromatic heterocycles. The predicted molar refractivity (Wildman–Crippen MR) is 63.9 cm³/mol. The predicted octanol–water partition coefficient (Wildman–Crippen LogP) is 1.41. The van der Waals surface area contributed by atoms with Crippen molar-refractivity contribution < 1.29 is 0 Å². The Labute approximate surface area is 92.5 Å². The summed E-state index contributed by atoms with van der Waals surface area (Å²) in [5, 5.41) is 0.607. The van der Waals surface area contributed by atoms with Crippen LogP contribution in [0.4, 0.5) is 0 Å². The zero-order valence-electron chi connectivity index (χ0n) is 9.41. The van der Waals surface area contributed by atoms with Crippen LogP contribution in [0.3, 0.4) is 0 Å². The highest BCUT2D eigenvalue weighted by atomic mass is 16.2. The van der Waals surface area contributed by atoms with Crippen LogP contribution in [0.1, 0.15) is 18.9 Å². The first kappa shape index (κ1) is 10.7. The van der Waals surface area contributed by atoms with Gasteiger partial charge < -0.3 is 4.98 Å². The fraction of sp³-hybridized carbons (Fsp3) is 0.333. The number of fused-ring (bicyclic) bond motifs is 1. The molecule has 0 amide bonds. The number of H-pyrrole nitrogens is 1. The molecular weight excluding hydrogens is 204 g/mol. The molecule has 4 heteroatoms. The Hall–Kier alpha value is -1.84. The number of nitrogens with zero attached hydrogens (tertiary/aromatic N) is 1. The van der Waals surface area contributed by atoms with Crippen molar-refractivity contribution in [2.45, 2.75) is 26.8 Å². The normalized spacial score (nSPS) is 10.9. The first-order chi connectivity index (χ1) is 7.65. The van der Waals surface area contributed by atoms with E-state index in [9.17, 15) is 9.59 Å². The quantitative estimate of drug-likeness (QED) is 0.828. The van der Waals surface area contributed by atoms with Gasteiger partial charge >= 0.3 is 5.69 Å². The molecule has 1 heterocycles. The van der Waals surface area contributed by atoms with Crippen LogP contribution < -0.4 is 11.2 Å². The molecule has 16 heavy (non-hydrogen) atoms. The lowest BCUT2D eigenvalue weighted by Gasteiger charge is -2.06. The summed E-state index contributed by atoms with van der Waals surface area (Å²) in [5.41, 5.74) is 0.981. The lowest BCUT2D eigenvalue weighted by Crippen LogP contribution is -2.35. The topological polar surface area (TPSA) is 54.9 Å². The second-order valence-electron chi connectivity index (χ2n) is 3.88. The molecule has 0 unspecified atom stereocenters. The smallest absolute Gasteiger partial charge is 0.307 e. The highest BCUT2D eigenvalue weighted by Crippen LogP contribution is 2.09. The van der Waals surface area contributed by atoms with Crippen LogP contribution in [0.25, 0.3) is 10.9 Å². The Morgan fingerprint density at radius 3 is 2.75 bits per heavy atom. The van der Waals surface area contributed by atoms with E-state index >= 15 is 0 Å². The Kier molecular flexibility index (Phi) is 2.64. The fourth-order valence-corrected chi connectivity index (χ4v) is 1.89. The SMILES string of the molecule is CCCn1c(=O)[nH]c2cccc(C)c2c1=O. The van der Waals surface area contributed by atoms with Crippen LogP contribution in [-0.2, 0) is 6.54 Å². The monoisotopic (exact) mass is 218 g/mol. The molecule has 4 nitrogen and oxygen atoms in total. The molecule has 1 N–H and O–H groups in total. The van der Waals surface area contributed by atoms with Gasteiger partial charge in [0.1, 0.15) is 0 Å². The van der Waals surface area contributed by atoms with Gasteiger partial charge in [-0.05, 0) is 25.0 Å². The molecule has 0 radical (unpaired) electrons. The first-order valence-corrected chi connectivity index (χ1v) is 5.37. The van der Waals surface area contributed by atoms with Crippen LogP contribution in [0, 0.1) is 6.92 Å². The second kappa shape index (κ2) is 3.96. The molecule has 2 aromatic rings. The van der Waals surface area contributed by atoms with Crippen molar-refractivity contribution in [2.24, 2.45) is 0 Å². The van der Waals surface area contributed by atoms with E-state index in [1.807, 2.05) is 26.0 Å². The van der Waals surface area contributed by atoms with Crippen LogP contribution in [0.15, 0.2) is 27.8 Å². The van der Waals surface area contributed by atoms with E-state index in [4.69, 9.17) is 0 Å². The van der Waals surface area contributed by atoms with Crippen LogP contribution in [0.5, 0.6) is 0 Å². The minimum Gasteiger partial charge on any atom is -0.307 e. The summed E-state index contributed by atoms with van der Waals surface area (Å²) in [5.74, 6) is 0. The van der Waals surface area contributed by atoms with Crippen molar-refractivity contribution in [3.63, 3.8) is 0 Å². The zero-order valence-corrected chi connectivity index (χ0v) is 9.41. The number of aromatic amines is 1. The Bertz CT molecular complexity index is 637. The van der Waals surface area contributed by atoms with Crippen LogP contribution >= 0.6 is 0 Å². The molecule has 0 aliphatic rings. The Balaban J connectivity index is 2.92. The van der Waals surface area contributed by atoms with Crippen molar-refractivity contribution in [1.29, 1.82) is 0 Å². The summed E-state index contributed by atoms with van der Waals surface area (Å²) in [4.78, 5) is 26.5. The second-order valence-corrected chi connectivity index (χ2v) is 3.88. The number of aromatic nitrogens is 2. The fourth-order valence-electron chi connectivity index (χ4n) is 1.89. The zero-order chi connectivity index (χ0) is 11.7. The van der Waals surface area contributed by atoms with Gasteiger partial charge in [0.2, 0.25) is 0 Å². The van der Waals surface area contributed by atoms with Crippen molar-refractivity contribution in [3.05, 3.63) is 44.6 Å². The van der Waals surface area contributed by atoms with Gasteiger partial charge in [-0.3, -0.25) is 9.36 Å². The largest absolute Gasteiger partial charge is 0.328 e. The average molecular weight is 218 g/mol. The van der Waals surface area contributed by atoms with Gasteiger partial charge in [0.05, 0.1) is 10.9 Å². The van der Waals surface area contributed by atoms with Gasteiger partial charge in [-0.15, -0.1) is 0 Å². The summed E-state index contributed by atoms with van der Waals surface area (Å²) in [6.07, 6.45) is 0.764. The first-order valence-electron chi connectivity index (χ1n) is 5.37. The van der Waals surface area contributed by atoms with Crippen LogP contribution in [0.2, 0.25) is 0 Å².